The maximum atomic E-state index is 14.3. The maximum absolute atomic E-state index is 14.3. The third kappa shape index (κ3) is 6.54. The van der Waals surface area contributed by atoms with Crippen molar-refractivity contribution in [1.29, 1.82) is 0 Å². The van der Waals surface area contributed by atoms with Gasteiger partial charge in [-0.3, -0.25) is 14.4 Å². The zero-order valence-electron chi connectivity index (χ0n) is 23.3. The normalized spacial score (nSPS) is 14.6. The van der Waals surface area contributed by atoms with Crippen LogP contribution < -0.4 is 10.1 Å². The summed E-state index contributed by atoms with van der Waals surface area (Å²) in [4.78, 5) is 51.5. The number of hydrogen-bond donors (Lipinski definition) is 2. The standard InChI is InChI=1S/C32H29ClFN3O6/c1-19(38)25-16-36(28-14-23(11-12-24(25)28)43-18-20-7-9-21(10-8-20)32(41)42)17-29(39)37-13-3-6-27(37)31(40)35-15-22-4-2-5-26(33)30(22)34/h2,4-5,7-12,14,16,27H,3,6,13,15,17-18H2,1H3,(H,35,40)(H,41,42)/t27-/m0/s1. The summed E-state index contributed by atoms with van der Waals surface area (Å²) < 4.78 is 21.9. The number of aromatic carboxylic acids is 1. The van der Waals surface area contributed by atoms with Crippen LogP contribution in [0.4, 0.5) is 4.39 Å². The largest absolute Gasteiger partial charge is 0.489 e. The van der Waals surface area contributed by atoms with Gasteiger partial charge < -0.3 is 24.6 Å². The van der Waals surface area contributed by atoms with Gasteiger partial charge in [-0.05, 0) is 55.7 Å². The van der Waals surface area contributed by atoms with E-state index in [9.17, 15) is 23.6 Å². The molecule has 1 fully saturated rings. The fraction of sp³-hybridized carbons (Fsp3) is 0.250. The van der Waals surface area contributed by atoms with Gasteiger partial charge in [0.15, 0.2) is 5.78 Å². The number of ether oxygens (including phenoxy) is 1. The van der Waals surface area contributed by atoms with E-state index in [1.807, 2.05) is 0 Å². The van der Waals surface area contributed by atoms with Gasteiger partial charge in [-0.1, -0.05) is 35.9 Å². The highest BCUT2D eigenvalue weighted by molar-refractivity contribution is 6.30. The number of benzene rings is 3. The molecular weight excluding hydrogens is 577 g/mol. The minimum atomic E-state index is -1.01. The third-order valence-corrected chi connectivity index (χ3v) is 7.80. The predicted molar refractivity (Wildman–Crippen MR) is 158 cm³/mol. The summed E-state index contributed by atoms with van der Waals surface area (Å²) in [5.74, 6) is -1.92. The molecule has 9 nitrogen and oxygen atoms in total. The van der Waals surface area contributed by atoms with E-state index in [2.05, 4.69) is 5.32 Å². The summed E-state index contributed by atoms with van der Waals surface area (Å²) >= 11 is 5.84. The van der Waals surface area contributed by atoms with E-state index in [-0.39, 0.29) is 53.4 Å². The van der Waals surface area contributed by atoms with Crippen molar-refractivity contribution in [2.75, 3.05) is 6.54 Å². The van der Waals surface area contributed by atoms with Crippen molar-refractivity contribution < 1.29 is 33.4 Å². The molecule has 0 saturated carbocycles. The summed E-state index contributed by atoms with van der Waals surface area (Å²) in [6, 6.07) is 15.5. The highest BCUT2D eigenvalue weighted by Gasteiger charge is 2.34. The monoisotopic (exact) mass is 605 g/mol. The Morgan fingerprint density at radius 3 is 2.58 bits per heavy atom. The second-order valence-electron chi connectivity index (χ2n) is 10.4. The van der Waals surface area contributed by atoms with Crippen molar-refractivity contribution in [3.8, 4) is 5.75 Å². The number of halogens is 2. The van der Waals surface area contributed by atoms with E-state index in [0.29, 0.717) is 41.6 Å². The van der Waals surface area contributed by atoms with Gasteiger partial charge in [-0.25, -0.2) is 9.18 Å². The minimum absolute atomic E-state index is 0.0312. The molecule has 0 aliphatic carbocycles. The first-order chi connectivity index (χ1) is 20.6. The van der Waals surface area contributed by atoms with Gasteiger partial charge in [0.2, 0.25) is 11.8 Å². The molecule has 0 spiro atoms. The Balaban J connectivity index is 1.30. The zero-order valence-corrected chi connectivity index (χ0v) is 24.1. The molecule has 4 aromatic rings. The molecule has 2 heterocycles. The lowest BCUT2D eigenvalue weighted by atomic mass is 10.1. The van der Waals surface area contributed by atoms with Gasteiger partial charge in [0.1, 0.15) is 30.8 Å². The second-order valence-corrected chi connectivity index (χ2v) is 10.8. The number of carboxylic acid groups (broad SMARTS) is 1. The number of likely N-dealkylation sites (tertiary alicyclic amines) is 1. The van der Waals surface area contributed by atoms with Gasteiger partial charge >= 0.3 is 5.97 Å². The number of ketones is 1. The first-order valence-electron chi connectivity index (χ1n) is 13.7. The van der Waals surface area contributed by atoms with Gasteiger partial charge in [-0.15, -0.1) is 0 Å². The van der Waals surface area contributed by atoms with Crippen LogP contribution in [0.5, 0.6) is 5.75 Å². The Labute approximate surface area is 251 Å². The average molecular weight is 606 g/mol. The molecule has 5 rings (SSSR count). The Hall–Kier alpha value is -4.70. The van der Waals surface area contributed by atoms with Crippen molar-refractivity contribution in [3.05, 3.63) is 100.0 Å². The Morgan fingerprint density at radius 1 is 1.09 bits per heavy atom. The van der Waals surface area contributed by atoms with Crippen LogP contribution in [0.25, 0.3) is 10.9 Å². The van der Waals surface area contributed by atoms with Crippen LogP contribution in [0, 0.1) is 5.82 Å². The lowest BCUT2D eigenvalue weighted by Gasteiger charge is -2.24. The molecule has 0 radical (unpaired) electrons. The highest BCUT2D eigenvalue weighted by Crippen LogP contribution is 2.28. The number of aromatic nitrogens is 1. The van der Waals surface area contributed by atoms with Crippen LogP contribution >= 0.6 is 11.6 Å². The fourth-order valence-corrected chi connectivity index (χ4v) is 5.44. The first kappa shape index (κ1) is 29.8. The van der Waals surface area contributed by atoms with E-state index in [1.165, 1.54) is 36.1 Å². The van der Waals surface area contributed by atoms with Gasteiger partial charge in [0.25, 0.3) is 0 Å². The lowest BCUT2D eigenvalue weighted by Crippen LogP contribution is -2.46. The number of carboxylic acids is 1. The number of fused-ring (bicyclic) bond motifs is 1. The lowest BCUT2D eigenvalue weighted by molar-refractivity contribution is -0.138. The van der Waals surface area contributed by atoms with Crippen LogP contribution in [0.3, 0.4) is 0 Å². The molecule has 2 amide bonds. The van der Waals surface area contributed by atoms with Crippen molar-refractivity contribution in [2.45, 2.75) is 45.5 Å². The number of carbonyl (C=O) groups is 4. The van der Waals surface area contributed by atoms with E-state index in [1.54, 1.807) is 47.2 Å². The summed E-state index contributed by atoms with van der Waals surface area (Å²) in [6.45, 7) is 1.89. The van der Waals surface area contributed by atoms with Crippen molar-refractivity contribution in [2.24, 2.45) is 0 Å². The van der Waals surface area contributed by atoms with Crippen LogP contribution in [0.1, 0.15) is 51.6 Å². The molecule has 0 unspecified atom stereocenters. The molecule has 0 bridgehead atoms. The fourth-order valence-electron chi connectivity index (χ4n) is 5.24. The molecule has 222 valence electrons. The zero-order chi connectivity index (χ0) is 30.7. The third-order valence-electron chi connectivity index (χ3n) is 7.51. The average Bonchev–Trinajstić information content (AvgIpc) is 3.62. The van der Waals surface area contributed by atoms with Crippen LogP contribution in [0.2, 0.25) is 5.02 Å². The highest BCUT2D eigenvalue weighted by atomic mass is 35.5. The number of carbonyl (C=O) groups excluding carboxylic acids is 3. The summed E-state index contributed by atoms with van der Waals surface area (Å²) in [5, 5.41) is 12.4. The van der Waals surface area contributed by atoms with E-state index in [0.717, 1.165) is 5.56 Å². The van der Waals surface area contributed by atoms with E-state index in [4.69, 9.17) is 21.4 Å². The molecule has 2 N–H and O–H groups in total. The van der Waals surface area contributed by atoms with Crippen molar-refractivity contribution >= 4 is 46.1 Å². The smallest absolute Gasteiger partial charge is 0.335 e. The van der Waals surface area contributed by atoms with Crippen molar-refractivity contribution in [1.82, 2.24) is 14.8 Å². The SMILES string of the molecule is CC(=O)c1cn(CC(=O)N2CCC[C@H]2C(=O)NCc2cccc(Cl)c2F)c2cc(OCc3ccc(C(=O)O)cc3)ccc12. The molecule has 43 heavy (non-hydrogen) atoms. The predicted octanol–water partition coefficient (Wildman–Crippen LogP) is 5.22. The number of Topliss-reactive ketones (excluding diaryl/α,β-unsaturated/α-hetero) is 1. The number of hydrogen-bond acceptors (Lipinski definition) is 5. The molecule has 1 aromatic heterocycles. The summed E-state index contributed by atoms with van der Waals surface area (Å²) in [7, 11) is 0. The number of rotatable bonds is 10. The topological polar surface area (TPSA) is 118 Å². The van der Waals surface area contributed by atoms with E-state index < -0.39 is 17.8 Å². The Kier molecular flexibility index (Phi) is 8.77. The van der Waals surface area contributed by atoms with Crippen LogP contribution in [0.15, 0.2) is 66.9 Å². The molecule has 1 aliphatic rings. The van der Waals surface area contributed by atoms with Gasteiger partial charge in [-0.2, -0.15) is 0 Å². The van der Waals surface area contributed by atoms with Gasteiger partial charge in [0.05, 0.1) is 16.1 Å². The summed E-state index contributed by atoms with van der Waals surface area (Å²) in [5.41, 5.74) is 2.28. The summed E-state index contributed by atoms with van der Waals surface area (Å²) in [6.07, 6.45) is 2.75. The molecule has 3 aromatic carbocycles. The van der Waals surface area contributed by atoms with E-state index >= 15 is 0 Å². The number of nitrogens with one attached hydrogen (secondary N) is 1. The molecule has 1 atom stereocenters. The number of nitrogens with zero attached hydrogens (tertiary/aromatic N) is 2. The molecular formula is C32H29ClFN3O6. The minimum Gasteiger partial charge on any atom is -0.489 e. The number of amides is 2. The van der Waals surface area contributed by atoms with Gasteiger partial charge in [0, 0.05) is 41.9 Å². The van der Waals surface area contributed by atoms with Crippen LogP contribution in [-0.2, 0) is 29.3 Å². The quantitative estimate of drug-likeness (QED) is 0.239. The molecule has 11 heteroatoms. The molecule has 1 saturated heterocycles. The Morgan fingerprint density at radius 2 is 1.86 bits per heavy atom. The molecule has 1 aliphatic heterocycles. The Bertz CT molecular complexity index is 1720. The first-order valence-corrected chi connectivity index (χ1v) is 14.1. The van der Waals surface area contributed by atoms with Crippen molar-refractivity contribution in [3.63, 3.8) is 0 Å². The maximum Gasteiger partial charge on any atom is 0.335 e. The second kappa shape index (κ2) is 12.7. The van der Waals surface area contributed by atoms with Crippen LogP contribution in [-0.4, -0.2) is 50.7 Å².